The molecule has 0 saturated carbocycles. The van der Waals surface area contributed by atoms with Gasteiger partial charge in [-0.15, -0.1) is 0 Å². The lowest BCUT2D eigenvalue weighted by atomic mass is 10.3. The number of pyridine rings is 1. The zero-order valence-corrected chi connectivity index (χ0v) is 12.0. The van der Waals surface area contributed by atoms with Gasteiger partial charge in [-0.2, -0.15) is 0 Å². The van der Waals surface area contributed by atoms with E-state index in [1.165, 1.54) is 48.5 Å². The molecule has 0 saturated heterocycles. The fraction of sp³-hybridized carbons (Fsp3) is 0.200. The summed E-state index contributed by atoms with van der Waals surface area (Å²) in [5.41, 5.74) is 0.253. The van der Waals surface area contributed by atoms with Gasteiger partial charge in [0, 0.05) is 20.2 Å². The molecule has 1 aromatic heterocycles. The number of carbonyl (C=O) groups excluding carboxylic acids is 1. The van der Waals surface area contributed by atoms with Gasteiger partial charge in [-0.1, -0.05) is 0 Å². The van der Waals surface area contributed by atoms with Crippen LogP contribution in [0.15, 0.2) is 36.5 Å². The van der Waals surface area contributed by atoms with Crippen molar-refractivity contribution in [3.05, 3.63) is 48.0 Å². The van der Waals surface area contributed by atoms with Gasteiger partial charge in [0.05, 0.1) is 13.3 Å². The zero-order chi connectivity index (χ0) is 15.4. The lowest BCUT2D eigenvalue weighted by molar-refractivity contribution is 0.0821. The smallest absolute Gasteiger partial charge is 0.272 e. The van der Waals surface area contributed by atoms with Gasteiger partial charge < -0.3 is 14.4 Å². The van der Waals surface area contributed by atoms with Gasteiger partial charge in [0.1, 0.15) is 17.3 Å². The SMILES string of the molecule is COc1cc(C(=O)N(C)C)ncc1Oc1ccc(F)cc1. The van der Waals surface area contributed by atoms with Gasteiger partial charge in [-0.3, -0.25) is 4.79 Å². The highest BCUT2D eigenvalue weighted by atomic mass is 19.1. The fourth-order valence-electron chi connectivity index (χ4n) is 1.64. The van der Waals surface area contributed by atoms with Crippen LogP contribution in [0.4, 0.5) is 4.39 Å². The largest absolute Gasteiger partial charge is 0.493 e. The van der Waals surface area contributed by atoms with Crippen LogP contribution >= 0.6 is 0 Å². The summed E-state index contributed by atoms with van der Waals surface area (Å²) in [6.45, 7) is 0. The number of carbonyl (C=O) groups is 1. The van der Waals surface area contributed by atoms with Crippen molar-refractivity contribution < 1.29 is 18.7 Å². The third-order valence-electron chi connectivity index (χ3n) is 2.72. The number of methoxy groups -OCH3 is 1. The van der Waals surface area contributed by atoms with E-state index in [-0.39, 0.29) is 17.4 Å². The zero-order valence-electron chi connectivity index (χ0n) is 12.0. The Morgan fingerprint density at radius 2 is 1.86 bits per heavy atom. The number of rotatable bonds is 4. The third-order valence-corrected chi connectivity index (χ3v) is 2.72. The summed E-state index contributed by atoms with van der Waals surface area (Å²) in [5.74, 6) is 0.586. The Hall–Kier alpha value is -2.63. The van der Waals surface area contributed by atoms with E-state index in [1.54, 1.807) is 14.1 Å². The Balaban J connectivity index is 2.28. The highest BCUT2D eigenvalue weighted by molar-refractivity contribution is 5.92. The number of hydrogen-bond donors (Lipinski definition) is 0. The van der Waals surface area contributed by atoms with Gasteiger partial charge in [-0.25, -0.2) is 9.37 Å². The molecule has 0 spiro atoms. The van der Waals surface area contributed by atoms with E-state index < -0.39 is 0 Å². The molecule has 5 nitrogen and oxygen atoms in total. The van der Waals surface area contributed by atoms with Crippen LogP contribution < -0.4 is 9.47 Å². The van der Waals surface area contributed by atoms with Crippen LogP contribution in [0.5, 0.6) is 17.2 Å². The van der Waals surface area contributed by atoms with Crippen LogP contribution in [0.2, 0.25) is 0 Å². The Bertz CT molecular complexity index is 642. The summed E-state index contributed by atoms with van der Waals surface area (Å²) in [6, 6.07) is 7.07. The number of benzene rings is 1. The number of nitrogens with zero attached hydrogens (tertiary/aromatic N) is 2. The first-order chi connectivity index (χ1) is 10.0. The minimum absolute atomic E-state index is 0.235. The summed E-state index contributed by atoms with van der Waals surface area (Å²) >= 11 is 0. The van der Waals surface area contributed by atoms with Gasteiger partial charge >= 0.3 is 0 Å². The normalized spacial score (nSPS) is 10.1. The maximum atomic E-state index is 12.9. The van der Waals surface area contributed by atoms with Crippen molar-refractivity contribution in [1.29, 1.82) is 0 Å². The topological polar surface area (TPSA) is 51.7 Å². The van der Waals surface area contributed by atoms with Crippen molar-refractivity contribution in [1.82, 2.24) is 9.88 Å². The Morgan fingerprint density at radius 3 is 2.43 bits per heavy atom. The Labute approximate surface area is 121 Å². The summed E-state index contributed by atoms with van der Waals surface area (Å²) in [5, 5.41) is 0. The highest BCUT2D eigenvalue weighted by Gasteiger charge is 2.14. The van der Waals surface area contributed by atoms with E-state index in [0.717, 1.165) is 0 Å². The molecule has 1 heterocycles. The lowest BCUT2D eigenvalue weighted by Crippen LogP contribution is -2.22. The molecule has 0 fully saturated rings. The second kappa shape index (κ2) is 6.21. The molecule has 0 unspecified atom stereocenters. The van der Waals surface area contributed by atoms with Gasteiger partial charge in [0.15, 0.2) is 11.5 Å². The lowest BCUT2D eigenvalue weighted by Gasteiger charge is -2.13. The molecule has 0 aliphatic heterocycles. The van der Waals surface area contributed by atoms with Crippen LogP contribution in [0, 0.1) is 5.82 Å². The molecule has 0 atom stereocenters. The summed E-state index contributed by atoms with van der Waals surface area (Å²) in [6.07, 6.45) is 1.40. The maximum absolute atomic E-state index is 12.9. The van der Waals surface area contributed by atoms with Crippen LogP contribution in [-0.2, 0) is 0 Å². The van der Waals surface area contributed by atoms with Crippen molar-refractivity contribution in [2.24, 2.45) is 0 Å². The van der Waals surface area contributed by atoms with Crippen molar-refractivity contribution in [2.45, 2.75) is 0 Å². The van der Waals surface area contributed by atoms with Gasteiger partial charge in [0.25, 0.3) is 5.91 Å². The van der Waals surface area contributed by atoms with Crippen LogP contribution in [0.25, 0.3) is 0 Å². The molecular formula is C15H15FN2O3. The molecule has 0 aliphatic carbocycles. The van der Waals surface area contributed by atoms with Crippen molar-refractivity contribution in [3.63, 3.8) is 0 Å². The monoisotopic (exact) mass is 290 g/mol. The second-order valence-corrected chi connectivity index (χ2v) is 4.48. The molecule has 2 aromatic rings. The summed E-state index contributed by atoms with van der Waals surface area (Å²) in [7, 11) is 4.75. The van der Waals surface area contributed by atoms with E-state index in [4.69, 9.17) is 9.47 Å². The maximum Gasteiger partial charge on any atom is 0.272 e. The van der Waals surface area contributed by atoms with Crippen LogP contribution in [0.3, 0.4) is 0 Å². The number of halogens is 1. The Kier molecular flexibility index (Phi) is 4.37. The first-order valence-electron chi connectivity index (χ1n) is 6.20. The quantitative estimate of drug-likeness (QED) is 0.868. The van der Waals surface area contributed by atoms with Crippen LogP contribution in [-0.4, -0.2) is 37.0 Å². The molecule has 1 aromatic carbocycles. The van der Waals surface area contributed by atoms with Crippen molar-refractivity contribution in [2.75, 3.05) is 21.2 Å². The van der Waals surface area contributed by atoms with E-state index >= 15 is 0 Å². The molecule has 1 amide bonds. The van der Waals surface area contributed by atoms with Crippen molar-refractivity contribution in [3.8, 4) is 17.2 Å². The van der Waals surface area contributed by atoms with E-state index in [9.17, 15) is 9.18 Å². The third kappa shape index (κ3) is 3.47. The predicted octanol–water partition coefficient (Wildman–Crippen LogP) is 2.72. The Morgan fingerprint density at radius 1 is 1.19 bits per heavy atom. The highest BCUT2D eigenvalue weighted by Crippen LogP contribution is 2.31. The van der Waals surface area contributed by atoms with Crippen molar-refractivity contribution >= 4 is 5.91 Å². The second-order valence-electron chi connectivity index (χ2n) is 4.48. The minimum Gasteiger partial charge on any atom is -0.493 e. The van der Waals surface area contributed by atoms with Gasteiger partial charge in [-0.05, 0) is 24.3 Å². The first kappa shape index (κ1) is 14.8. The average Bonchev–Trinajstić information content (AvgIpc) is 2.49. The molecule has 2 rings (SSSR count). The first-order valence-corrected chi connectivity index (χ1v) is 6.20. The molecule has 6 heteroatoms. The predicted molar refractivity (Wildman–Crippen MR) is 75.3 cm³/mol. The van der Waals surface area contributed by atoms with E-state index in [2.05, 4.69) is 4.98 Å². The average molecular weight is 290 g/mol. The molecule has 0 radical (unpaired) electrons. The van der Waals surface area contributed by atoms with E-state index in [1.807, 2.05) is 0 Å². The molecule has 110 valence electrons. The molecule has 0 bridgehead atoms. The summed E-state index contributed by atoms with van der Waals surface area (Å²) < 4.78 is 23.6. The van der Waals surface area contributed by atoms with Crippen LogP contribution in [0.1, 0.15) is 10.5 Å². The number of ether oxygens (including phenoxy) is 2. The number of amides is 1. The van der Waals surface area contributed by atoms with Gasteiger partial charge in [0.2, 0.25) is 0 Å². The van der Waals surface area contributed by atoms with E-state index in [0.29, 0.717) is 17.2 Å². The fourth-order valence-corrected chi connectivity index (χ4v) is 1.64. The molecule has 0 aliphatic rings. The number of hydrogen-bond acceptors (Lipinski definition) is 4. The molecule has 21 heavy (non-hydrogen) atoms. The minimum atomic E-state index is -0.348. The molecule has 0 N–H and O–H groups in total. The standard InChI is InChI=1S/C15H15FN2O3/c1-18(2)15(19)12-8-13(20-3)14(9-17-12)21-11-6-4-10(16)5-7-11/h4-9H,1-3H3. The summed E-state index contributed by atoms with van der Waals surface area (Å²) in [4.78, 5) is 17.3. The number of aromatic nitrogens is 1. The molecular weight excluding hydrogens is 275 g/mol.